The third kappa shape index (κ3) is 2.34. The summed E-state index contributed by atoms with van der Waals surface area (Å²) in [6.45, 7) is -0.469. The number of carbonyl (C=O) groups excluding carboxylic acids is 1. The number of fused-ring (bicyclic) bond motifs is 1. The zero-order valence-corrected chi connectivity index (χ0v) is 14.0. The van der Waals surface area contributed by atoms with Crippen LogP contribution >= 0.6 is 0 Å². The molecule has 0 saturated carbocycles. The second-order valence-corrected chi connectivity index (χ2v) is 6.35. The van der Waals surface area contributed by atoms with E-state index in [2.05, 4.69) is 0 Å². The molecule has 0 bridgehead atoms. The monoisotopic (exact) mass is 347 g/mol. The van der Waals surface area contributed by atoms with Gasteiger partial charge in [-0.05, 0) is 23.8 Å². The Balaban J connectivity index is 1.90. The number of nitrogens with zero attached hydrogens (tertiary/aromatic N) is 1. The van der Waals surface area contributed by atoms with E-state index in [-0.39, 0.29) is 5.56 Å². The van der Waals surface area contributed by atoms with E-state index in [0.29, 0.717) is 16.9 Å². The summed E-state index contributed by atoms with van der Waals surface area (Å²) in [5.41, 5.74) is -0.329. The summed E-state index contributed by atoms with van der Waals surface area (Å²) in [6.07, 6.45) is 0. The van der Waals surface area contributed by atoms with E-state index in [1.807, 2.05) is 24.3 Å². The van der Waals surface area contributed by atoms with Crippen LogP contribution in [0.4, 0.5) is 15.8 Å². The van der Waals surface area contributed by atoms with Gasteiger partial charge in [0, 0.05) is 11.3 Å². The van der Waals surface area contributed by atoms with Gasteiger partial charge in [-0.15, -0.1) is 0 Å². The minimum Gasteiger partial charge on any atom is -0.396 e. The Labute approximate surface area is 151 Å². The Bertz CT molecular complexity index is 929. The number of hydrogen-bond donors (Lipinski definition) is 1. The SMILES string of the molecule is O=C1N(c2ccccc2)c2ccccc2[C@]1(F)[C@H](CO)c1ccccc1. The molecule has 0 fully saturated rings. The normalized spacial score (nSPS) is 20.1. The van der Waals surface area contributed by atoms with Crippen molar-refractivity contribution in [2.75, 3.05) is 11.5 Å². The van der Waals surface area contributed by atoms with Crippen LogP contribution in [-0.2, 0) is 10.5 Å². The summed E-state index contributed by atoms with van der Waals surface area (Å²) < 4.78 is 16.4. The van der Waals surface area contributed by atoms with Gasteiger partial charge in [0.15, 0.2) is 0 Å². The van der Waals surface area contributed by atoms with Crippen molar-refractivity contribution in [1.29, 1.82) is 0 Å². The second kappa shape index (κ2) is 6.39. The third-order valence-corrected chi connectivity index (χ3v) is 4.93. The van der Waals surface area contributed by atoms with E-state index >= 15 is 4.39 Å². The molecule has 1 heterocycles. The highest BCUT2D eigenvalue weighted by atomic mass is 19.1. The maximum absolute atomic E-state index is 16.4. The van der Waals surface area contributed by atoms with E-state index < -0.39 is 24.1 Å². The lowest BCUT2D eigenvalue weighted by atomic mass is 9.80. The van der Waals surface area contributed by atoms with Gasteiger partial charge in [-0.3, -0.25) is 9.69 Å². The number of carbonyl (C=O) groups is 1. The van der Waals surface area contributed by atoms with E-state index in [9.17, 15) is 9.90 Å². The van der Waals surface area contributed by atoms with Crippen molar-refractivity contribution in [3.63, 3.8) is 0 Å². The quantitative estimate of drug-likeness (QED) is 0.764. The number of amides is 1. The molecule has 3 aromatic rings. The molecule has 3 nitrogen and oxygen atoms in total. The first kappa shape index (κ1) is 16.5. The van der Waals surface area contributed by atoms with Crippen LogP contribution in [0, 0.1) is 0 Å². The smallest absolute Gasteiger partial charge is 0.274 e. The molecule has 0 aromatic heterocycles. The maximum atomic E-state index is 16.4. The van der Waals surface area contributed by atoms with Crippen molar-refractivity contribution in [3.05, 3.63) is 96.1 Å². The predicted octanol–water partition coefficient (Wildman–Crippen LogP) is 4.31. The van der Waals surface area contributed by atoms with Gasteiger partial charge in [0.05, 0.1) is 18.2 Å². The first-order valence-electron chi connectivity index (χ1n) is 8.51. The molecular formula is C22H18FNO2. The summed E-state index contributed by atoms with van der Waals surface area (Å²) in [4.78, 5) is 14.7. The van der Waals surface area contributed by atoms with Gasteiger partial charge in [-0.1, -0.05) is 66.7 Å². The van der Waals surface area contributed by atoms with Crippen molar-refractivity contribution in [1.82, 2.24) is 0 Å². The highest BCUT2D eigenvalue weighted by Gasteiger charge is 2.57. The fraction of sp³-hybridized carbons (Fsp3) is 0.136. The number of hydrogen-bond acceptors (Lipinski definition) is 2. The van der Waals surface area contributed by atoms with Crippen molar-refractivity contribution in [2.45, 2.75) is 11.6 Å². The van der Waals surface area contributed by atoms with Gasteiger partial charge >= 0.3 is 0 Å². The lowest BCUT2D eigenvalue weighted by Crippen LogP contribution is -2.41. The molecule has 1 aliphatic rings. The molecule has 0 saturated heterocycles. The van der Waals surface area contributed by atoms with Gasteiger partial charge in [0.25, 0.3) is 5.91 Å². The summed E-state index contributed by atoms with van der Waals surface area (Å²) in [6, 6.07) is 24.7. The van der Waals surface area contributed by atoms with Gasteiger partial charge < -0.3 is 5.11 Å². The van der Waals surface area contributed by atoms with Crippen LogP contribution in [0.25, 0.3) is 0 Å². The highest BCUT2D eigenvalue weighted by molar-refractivity contribution is 6.12. The molecule has 0 unspecified atom stereocenters. The van der Waals surface area contributed by atoms with Crippen molar-refractivity contribution >= 4 is 17.3 Å². The first-order valence-corrected chi connectivity index (χ1v) is 8.51. The first-order chi connectivity index (χ1) is 12.7. The van der Waals surface area contributed by atoms with Crippen LogP contribution in [-0.4, -0.2) is 17.6 Å². The van der Waals surface area contributed by atoms with E-state index in [0.717, 1.165) is 0 Å². The average molecular weight is 347 g/mol. The summed E-state index contributed by atoms with van der Waals surface area (Å²) in [5, 5.41) is 9.99. The van der Waals surface area contributed by atoms with E-state index in [4.69, 9.17) is 0 Å². The average Bonchev–Trinajstić information content (AvgIpc) is 2.92. The molecular weight excluding hydrogens is 329 g/mol. The number of halogens is 1. The topological polar surface area (TPSA) is 40.5 Å². The standard InChI is InChI=1S/C22H18FNO2/c23-22(19(15-25)16-9-3-1-4-10-16)18-13-7-8-14-20(18)24(21(22)26)17-11-5-2-6-12-17/h1-14,19,25H,15H2/t19-,22+/m1/s1. The largest absolute Gasteiger partial charge is 0.396 e. The minimum atomic E-state index is -2.33. The van der Waals surface area contributed by atoms with Crippen LogP contribution in [0.1, 0.15) is 17.0 Å². The molecule has 4 heteroatoms. The number of para-hydroxylation sites is 2. The zero-order chi connectivity index (χ0) is 18.1. The number of aliphatic hydroxyl groups excluding tert-OH is 1. The molecule has 4 rings (SSSR count). The van der Waals surface area contributed by atoms with Gasteiger partial charge in [-0.2, -0.15) is 0 Å². The Kier molecular flexibility index (Phi) is 4.05. The van der Waals surface area contributed by atoms with E-state index in [1.54, 1.807) is 60.7 Å². The molecule has 1 N–H and O–H groups in total. The Morgan fingerprint density at radius 1 is 0.885 bits per heavy atom. The molecule has 0 aliphatic carbocycles. The van der Waals surface area contributed by atoms with Crippen molar-refractivity contribution < 1.29 is 14.3 Å². The number of rotatable bonds is 4. The second-order valence-electron chi connectivity index (χ2n) is 6.35. The molecule has 130 valence electrons. The van der Waals surface area contributed by atoms with Gasteiger partial charge in [0.1, 0.15) is 0 Å². The summed E-state index contributed by atoms with van der Waals surface area (Å²) >= 11 is 0. The van der Waals surface area contributed by atoms with Crippen LogP contribution in [0.2, 0.25) is 0 Å². The number of benzene rings is 3. The molecule has 3 aromatic carbocycles. The molecule has 1 amide bonds. The number of aliphatic hydroxyl groups is 1. The number of alkyl halides is 1. The fourth-order valence-electron chi connectivity index (χ4n) is 3.68. The molecule has 2 atom stereocenters. The summed E-state index contributed by atoms with van der Waals surface area (Å²) in [5.74, 6) is -1.65. The molecule has 26 heavy (non-hydrogen) atoms. The predicted molar refractivity (Wildman–Crippen MR) is 99.1 cm³/mol. The Morgan fingerprint density at radius 3 is 2.12 bits per heavy atom. The van der Waals surface area contributed by atoms with E-state index in [1.165, 1.54) is 4.90 Å². The number of anilines is 2. The maximum Gasteiger partial charge on any atom is 0.274 e. The molecule has 0 radical (unpaired) electrons. The zero-order valence-electron chi connectivity index (χ0n) is 14.0. The summed E-state index contributed by atoms with van der Waals surface area (Å²) in [7, 11) is 0. The highest BCUT2D eigenvalue weighted by Crippen LogP contribution is 2.52. The van der Waals surface area contributed by atoms with Crippen molar-refractivity contribution in [2.24, 2.45) is 0 Å². The van der Waals surface area contributed by atoms with Crippen LogP contribution < -0.4 is 4.90 Å². The minimum absolute atomic E-state index is 0.289. The Hall–Kier alpha value is -2.98. The molecule has 1 aliphatic heterocycles. The van der Waals surface area contributed by atoms with Gasteiger partial charge in [-0.25, -0.2) is 4.39 Å². The third-order valence-electron chi connectivity index (χ3n) is 4.93. The Morgan fingerprint density at radius 2 is 1.46 bits per heavy atom. The van der Waals surface area contributed by atoms with Gasteiger partial charge in [0.2, 0.25) is 5.67 Å². The van der Waals surface area contributed by atoms with Crippen LogP contribution in [0.3, 0.4) is 0 Å². The van der Waals surface area contributed by atoms with Crippen LogP contribution in [0.15, 0.2) is 84.9 Å². The lowest BCUT2D eigenvalue weighted by Gasteiger charge is -2.29. The fourth-order valence-corrected chi connectivity index (χ4v) is 3.68. The van der Waals surface area contributed by atoms with Crippen LogP contribution in [0.5, 0.6) is 0 Å². The van der Waals surface area contributed by atoms with Crippen molar-refractivity contribution in [3.8, 4) is 0 Å². The molecule has 0 spiro atoms. The lowest BCUT2D eigenvalue weighted by molar-refractivity contribution is -0.131.